The molecule has 3 N–H and O–H groups in total. The van der Waals surface area contributed by atoms with E-state index in [9.17, 15) is 5.11 Å². The molecule has 20 heavy (non-hydrogen) atoms. The summed E-state index contributed by atoms with van der Waals surface area (Å²) in [7, 11) is 0. The van der Waals surface area contributed by atoms with Crippen LogP contribution in [0.2, 0.25) is 0 Å². The first-order valence-corrected chi connectivity index (χ1v) is 8.02. The standard InChI is InChI=1S/C16H17Br2NO/c1-10-5-4-7-12(15(10)18)16(20)13(9-19)11-6-2-3-8-14(11)17/h2-8,13,16,20H,9,19H2,1H3. The van der Waals surface area contributed by atoms with E-state index < -0.39 is 6.10 Å². The highest BCUT2D eigenvalue weighted by atomic mass is 79.9. The SMILES string of the molecule is Cc1cccc(C(O)C(CN)c2ccccc2Br)c1Br. The molecule has 2 nitrogen and oxygen atoms in total. The van der Waals surface area contributed by atoms with Crippen molar-refractivity contribution in [2.24, 2.45) is 5.73 Å². The summed E-state index contributed by atoms with van der Waals surface area (Å²) in [5.41, 5.74) is 8.90. The number of benzene rings is 2. The van der Waals surface area contributed by atoms with E-state index in [-0.39, 0.29) is 5.92 Å². The normalized spacial score (nSPS) is 14.1. The Morgan fingerprint density at radius 3 is 2.35 bits per heavy atom. The van der Waals surface area contributed by atoms with Crippen LogP contribution in [0.3, 0.4) is 0 Å². The van der Waals surface area contributed by atoms with Crippen molar-refractivity contribution >= 4 is 31.9 Å². The highest BCUT2D eigenvalue weighted by Crippen LogP contribution is 2.37. The van der Waals surface area contributed by atoms with Gasteiger partial charge in [-0.1, -0.05) is 68.3 Å². The van der Waals surface area contributed by atoms with Crippen molar-refractivity contribution in [3.63, 3.8) is 0 Å². The summed E-state index contributed by atoms with van der Waals surface area (Å²) < 4.78 is 1.91. The van der Waals surface area contributed by atoms with Gasteiger partial charge >= 0.3 is 0 Å². The molecule has 106 valence electrons. The van der Waals surface area contributed by atoms with Crippen LogP contribution in [0.25, 0.3) is 0 Å². The topological polar surface area (TPSA) is 46.2 Å². The van der Waals surface area contributed by atoms with Gasteiger partial charge in [0.25, 0.3) is 0 Å². The van der Waals surface area contributed by atoms with Crippen LogP contribution < -0.4 is 5.73 Å². The first-order chi connectivity index (χ1) is 9.56. The summed E-state index contributed by atoms with van der Waals surface area (Å²) in [6, 6.07) is 13.8. The van der Waals surface area contributed by atoms with Crippen molar-refractivity contribution in [1.29, 1.82) is 0 Å². The molecule has 0 aliphatic heterocycles. The molecule has 0 amide bonds. The van der Waals surface area contributed by atoms with Gasteiger partial charge < -0.3 is 10.8 Å². The number of hydrogen-bond donors (Lipinski definition) is 2. The van der Waals surface area contributed by atoms with E-state index in [0.29, 0.717) is 6.54 Å². The van der Waals surface area contributed by atoms with Crippen LogP contribution in [0.1, 0.15) is 28.7 Å². The smallest absolute Gasteiger partial charge is 0.0882 e. The maximum atomic E-state index is 10.7. The molecule has 0 heterocycles. The van der Waals surface area contributed by atoms with E-state index in [1.165, 1.54) is 0 Å². The first kappa shape index (κ1) is 15.7. The fraction of sp³-hybridized carbons (Fsp3) is 0.250. The van der Waals surface area contributed by atoms with Crippen LogP contribution in [0, 0.1) is 6.92 Å². The van der Waals surface area contributed by atoms with Crippen LogP contribution >= 0.6 is 31.9 Å². The van der Waals surface area contributed by atoms with Crippen LogP contribution in [0.4, 0.5) is 0 Å². The predicted molar refractivity (Wildman–Crippen MR) is 89.8 cm³/mol. The molecule has 2 aromatic carbocycles. The van der Waals surface area contributed by atoms with Crippen molar-refractivity contribution in [2.75, 3.05) is 6.54 Å². The minimum atomic E-state index is -0.645. The Morgan fingerprint density at radius 2 is 1.70 bits per heavy atom. The fourth-order valence-corrected chi connectivity index (χ4v) is 3.39. The van der Waals surface area contributed by atoms with Crippen LogP contribution in [0.5, 0.6) is 0 Å². The quantitative estimate of drug-likeness (QED) is 0.806. The summed E-state index contributed by atoms with van der Waals surface area (Å²) in [5.74, 6) is -0.149. The highest BCUT2D eigenvalue weighted by Gasteiger charge is 2.25. The number of aryl methyl sites for hydroxylation is 1. The molecule has 0 radical (unpaired) electrons. The third kappa shape index (κ3) is 3.14. The van der Waals surface area contributed by atoms with Gasteiger partial charge in [-0.25, -0.2) is 0 Å². The van der Waals surface area contributed by atoms with Crippen molar-refractivity contribution in [2.45, 2.75) is 18.9 Å². The van der Waals surface area contributed by atoms with Crippen LogP contribution in [-0.2, 0) is 0 Å². The predicted octanol–water partition coefficient (Wildman–Crippen LogP) is 4.30. The molecule has 0 aliphatic carbocycles. The van der Waals surface area contributed by atoms with Gasteiger partial charge in [0.05, 0.1) is 6.10 Å². The molecule has 0 saturated heterocycles. The number of rotatable bonds is 4. The second-order valence-electron chi connectivity index (χ2n) is 4.79. The number of nitrogens with two attached hydrogens (primary N) is 1. The van der Waals surface area contributed by atoms with Gasteiger partial charge in [-0.15, -0.1) is 0 Å². The Bertz CT molecular complexity index is 601. The lowest BCUT2D eigenvalue weighted by atomic mass is 9.89. The lowest BCUT2D eigenvalue weighted by Crippen LogP contribution is -2.21. The molecule has 4 heteroatoms. The van der Waals surface area contributed by atoms with Crippen LogP contribution in [0.15, 0.2) is 51.4 Å². The van der Waals surface area contributed by atoms with Crippen molar-refractivity contribution in [3.05, 3.63) is 68.1 Å². The molecule has 0 saturated carbocycles. The first-order valence-electron chi connectivity index (χ1n) is 6.43. The van der Waals surface area contributed by atoms with Crippen LogP contribution in [-0.4, -0.2) is 11.7 Å². The number of aliphatic hydroxyl groups excluding tert-OH is 1. The highest BCUT2D eigenvalue weighted by molar-refractivity contribution is 9.10. The molecule has 0 aliphatic rings. The van der Waals surface area contributed by atoms with Gasteiger partial charge in [-0.3, -0.25) is 0 Å². The van der Waals surface area contributed by atoms with E-state index in [1.54, 1.807) is 0 Å². The summed E-state index contributed by atoms with van der Waals surface area (Å²) in [5, 5.41) is 10.7. The third-order valence-corrected chi connectivity index (χ3v) is 5.29. The zero-order chi connectivity index (χ0) is 14.7. The average molecular weight is 399 g/mol. The van der Waals surface area contributed by atoms with Crippen molar-refractivity contribution in [1.82, 2.24) is 0 Å². The molecule has 0 fully saturated rings. The summed E-state index contributed by atoms with van der Waals surface area (Å²) in [6.45, 7) is 2.39. The molecule has 2 aromatic rings. The Hall–Kier alpha value is -0.680. The summed E-state index contributed by atoms with van der Waals surface area (Å²) in [4.78, 5) is 0. The molecule has 2 unspecified atom stereocenters. The van der Waals surface area contributed by atoms with E-state index in [4.69, 9.17) is 5.73 Å². The Labute approximate surface area is 136 Å². The molecule has 2 rings (SSSR count). The van der Waals surface area contributed by atoms with Gasteiger partial charge in [-0.05, 0) is 29.7 Å². The monoisotopic (exact) mass is 397 g/mol. The summed E-state index contributed by atoms with van der Waals surface area (Å²) >= 11 is 7.09. The van der Waals surface area contributed by atoms with Gasteiger partial charge in [-0.2, -0.15) is 0 Å². The Morgan fingerprint density at radius 1 is 1.05 bits per heavy atom. The second-order valence-corrected chi connectivity index (χ2v) is 6.43. The molecule has 0 spiro atoms. The van der Waals surface area contributed by atoms with E-state index >= 15 is 0 Å². The van der Waals surface area contributed by atoms with Gasteiger partial charge in [0.15, 0.2) is 0 Å². The summed E-state index contributed by atoms with van der Waals surface area (Å²) in [6.07, 6.45) is -0.645. The maximum Gasteiger partial charge on any atom is 0.0882 e. The number of halogens is 2. The third-order valence-electron chi connectivity index (χ3n) is 3.48. The fourth-order valence-electron chi connectivity index (χ4n) is 2.32. The lowest BCUT2D eigenvalue weighted by molar-refractivity contribution is 0.146. The minimum Gasteiger partial charge on any atom is -0.388 e. The Balaban J connectivity index is 2.42. The minimum absolute atomic E-state index is 0.149. The van der Waals surface area contributed by atoms with E-state index in [1.807, 2.05) is 49.4 Å². The molecule has 2 atom stereocenters. The zero-order valence-corrected chi connectivity index (χ0v) is 14.4. The van der Waals surface area contributed by atoms with Gasteiger partial charge in [0.2, 0.25) is 0 Å². The van der Waals surface area contributed by atoms with Crippen molar-refractivity contribution in [3.8, 4) is 0 Å². The van der Waals surface area contributed by atoms with Gasteiger partial charge in [0.1, 0.15) is 0 Å². The Kier molecular flexibility index (Phi) is 5.38. The molecule has 0 aromatic heterocycles. The molecular formula is C16H17Br2NO. The largest absolute Gasteiger partial charge is 0.388 e. The molecular weight excluding hydrogens is 382 g/mol. The number of hydrogen-bond acceptors (Lipinski definition) is 2. The van der Waals surface area contributed by atoms with Crippen molar-refractivity contribution < 1.29 is 5.11 Å². The molecule has 0 bridgehead atoms. The number of aliphatic hydroxyl groups is 1. The lowest BCUT2D eigenvalue weighted by Gasteiger charge is -2.24. The second kappa shape index (κ2) is 6.85. The van der Waals surface area contributed by atoms with Gasteiger partial charge in [0, 0.05) is 21.4 Å². The average Bonchev–Trinajstić information content (AvgIpc) is 2.44. The zero-order valence-electron chi connectivity index (χ0n) is 11.2. The van der Waals surface area contributed by atoms with E-state index in [0.717, 1.165) is 25.6 Å². The maximum absolute atomic E-state index is 10.7. The van der Waals surface area contributed by atoms with E-state index in [2.05, 4.69) is 31.9 Å².